The highest BCUT2D eigenvalue weighted by Gasteiger charge is 2.08. The highest BCUT2D eigenvalue weighted by Crippen LogP contribution is 2.23. The SMILES string of the molecule is N=C1C=CC(N)=CC1=C([O-])c1ccc(OC2=CCC(N)=CC=C2)cc1. The molecule has 0 radical (unpaired) electrons. The van der Waals surface area contributed by atoms with Gasteiger partial charge in [-0.1, -0.05) is 24.0 Å². The molecule has 0 atom stereocenters. The fourth-order valence-electron chi connectivity index (χ4n) is 2.41. The van der Waals surface area contributed by atoms with Gasteiger partial charge in [-0.05, 0) is 59.7 Å². The van der Waals surface area contributed by atoms with E-state index in [1.54, 1.807) is 30.3 Å². The van der Waals surface area contributed by atoms with Gasteiger partial charge in [0.2, 0.25) is 0 Å². The van der Waals surface area contributed by atoms with Crippen LogP contribution in [0.25, 0.3) is 5.76 Å². The maximum absolute atomic E-state index is 12.5. The smallest absolute Gasteiger partial charge is 0.127 e. The summed E-state index contributed by atoms with van der Waals surface area (Å²) in [6.45, 7) is 0. The van der Waals surface area contributed by atoms with E-state index in [-0.39, 0.29) is 17.0 Å². The van der Waals surface area contributed by atoms with Gasteiger partial charge < -0.3 is 26.7 Å². The van der Waals surface area contributed by atoms with Crippen LogP contribution in [-0.2, 0) is 0 Å². The van der Waals surface area contributed by atoms with Crippen molar-refractivity contribution in [2.45, 2.75) is 6.42 Å². The molecule has 0 bridgehead atoms. The van der Waals surface area contributed by atoms with Crippen LogP contribution in [0.15, 0.2) is 89.5 Å². The van der Waals surface area contributed by atoms with Gasteiger partial charge in [0.15, 0.2) is 0 Å². The zero-order chi connectivity index (χ0) is 17.8. The Kier molecular flexibility index (Phi) is 4.57. The summed E-state index contributed by atoms with van der Waals surface area (Å²) in [6.07, 6.45) is 12.7. The first-order chi connectivity index (χ1) is 12.0. The van der Waals surface area contributed by atoms with Gasteiger partial charge in [-0.3, -0.25) is 0 Å². The quantitative estimate of drug-likeness (QED) is 0.738. The molecule has 2 aliphatic carbocycles. The molecule has 126 valence electrons. The zero-order valence-corrected chi connectivity index (χ0v) is 13.5. The van der Waals surface area contributed by atoms with Crippen LogP contribution >= 0.6 is 0 Å². The Morgan fingerprint density at radius 3 is 2.60 bits per heavy atom. The molecule has 5 heteroatoms. The van der Waals surface area contributed by atoms with Crippen LogP contribution in [0, 0.1) is 5.41 Å². The number of hydrogen-bond acceptors (Lipinski definition) is 5. The number of allylic oxidation sites excluding steroid dienone is 8. The van der Waals surface area contributed by atoms with E-state index in [0.29, 0.717) is 29.2 Å². The van der Waals surface area contributed by atoms with Crippen molar-refractivity contribution in [3.8, 4) is 5.75 Å². The van der Waals surface area contributed by atoms with E-state index in [9.17, 15) is 5.11 Å². The number of benzene rings is 1. The Bertz CT molecular complexity index is 882. The van der Waals surface area contributed by atoms with Crippen LogP contribution < -0.4 is 21.3 Å². The highest BCUT2D eigenvalue weighted by atomic mass is 16.5. The number of hydrogen-bond donors (Lipinski definition) is 3. The molecule has 5 N–H and O–H groups in total. The molecule has 0 amide bonds. The Morgan fingerprint density at radius 1 is 1.08 bits per heavy atom. The number of nitrogens with one attached hydrogen (secondary N) is 1. The van der Waals surface area contributed by atoms with E-state index in [2.05, 4.69) is 0 Å². The van der Waals surface area contributed by atoms with Crippen LogP contribution in [0.4, 0.5) is 0 Å². The van der Waals surface area contributed by atoms with Crippen molar-refractivity contribution in [3.05, 3.63) is 95.1 Å². The molecule has 25 heavy (non-hydrogen) atoms. The first kappa shape index (κ1) is 16.4. The molecule has 0 spiro atoms. The first-order valence-corrected chi connectivity index (χ1v) is 7.79. The molecule has 1 aromatic carbocycles. The van der Waals surface area contributed by atoms with E-state index in [0.717, 1.165) is 5.70 Å². The third kappa shape index (κ3) is 3.90. The molecule has 0 saturated heterocycles. The average Bonchev–Trinajstić information content (AvgIpc) is 2.81. The van der Waals surface area contributed by atoms with E-state index in [4.69, 9.17) is 21.6 Å². The summed E-state index contributed by atoms with van der Waals surface area (Å²) in [5, 5.41) is 20.4. The van der Waals surface area contributed by atoms with E-state index < -0.39 is 0 Å². The molecule has 0 heterocycles. The molecule has 0 aliphatic heterocycles. The molecule has 3 rings (SSSR count). The van der Waals surface area contributed by atoms with Crippen LogP contribution in [0.2, 0.25) is 0 Å². The largest absolute Gasteiger partial charge is 0.872 e. The molecule has 5 nitrogen and oxygen atoms in total. The topological polar surface area (TPSA) is 108 Å². The van der Waals surface area contributed by atoms with Gasteiger partial charge in [-0.25, -0.2) is 0 Å². The highest BCUT2D eigenvalue weighted by molar-refractivity contribution is 6.13. The lowest BCUT2D eigenvalue weighted by Crippen LogP contribution is -2.14. The van der Waals surface area contributed by atoms with Crippen molar-refractivity contribution < 1.29 is 9.84 Å². The summed E-state index contributed by atoms with van der Waals surface area (Å²) >= 11 is 0. The van der Waals surface area contributed by atoms with E-state index >= 15 is 0 Å². The molecule has 0 aromatic heterocycles. The monoisotopic (exact) mass is 332 g/mol. The second kappa shape index (κ2) is 6.97. The second-order valence-corrected chi connectivity index (χ2v) is 5.67. The zero-order valence-electron chi connectivity index (χ0n) is 13.5. The normalized spacial score (nSPS) is 18.9. The molecular formula is C20H18N3O2-. The van der Waals surface area contributed by atoms with Crippen LogP contribution in [0.5, 0.6) is 5.75 Å². The van der Waals surface area contributed by atoms with Crippen LogP contribution in [0.3, 0.4) is 0 Å². The van der Waals surface area contributed by atoms with Crippen molar-refractivity contribution in [2.24, 2.45) is 11.5 Å². The number of rotatable bonds is 3. The Labute approximate surface area is 146 Å². The van der Waals surface area contributed by atoms with Gasteiger partial charge in [0, 0.05) is 17.8 Å². The van der Waals surface area contributed by atoms with Crippen molar-refractivity contribution >= 4 is 11.5 Å². The van der Waals surface area contributed by atoms with Crippen molar-refractivity contribution in [1.82, 2.24) is 0 Å². The predicted molar refractivity (Wildman–Crippen MR) is 97.2 cm³/mol. The first-order valence-electron chi connectivity index (χ1n) is 7.79. The Balaban J connectivity index is 1.79. The standard InChI is InChI=1S/C20H19N3O2/c21-14-2-1-3-16(10-6-14)25-17-8-4-13(5-9-17)20(24)18-12-15(22)7-11-19(18)23/h1-5,7-12,23-24H,6,21-22H2/p-1. The third-order valence-electron chi connectivity index (χ3n) is 3.75. The van der Waals surface area contributed by atoms with Crippen LogP contribution in [0.1, 0.15) is 12.0 Å². The Hall–Kier alpha value is -3.47. The molecule has 0 fully saturated rings. The second-order valence-electron chi connectivity index (χ2n) is 5.67. The van der Waals surface area contributed by atoms with Gasteiger partial charge in [0.05, 0.1) is 5.71 Å². The summed E-state index contributed by atoms with van der Waals surface area (Å²) < 4.78 is 5.78. The minimum absolute atomic E-state index is 0.151. The summed E-state index contributed by atoms with van der Waals surface area (Å²) in [4.78, 5) is 0. The van der Waals surface area contributed by atoms with E-state index in [1.165, 1.54) is 12.2 Å². The molecule has 2 aliphatic rings. The Morgan fingerprint density at radius 2 is 1.84 bits per heavy atom. The van der Waals surface area contributed by atoms with Gasteiger partial charge in [0.1, 0.15) is 11.5 Å². The van der Waals surface area contributed by atoms with Gasteiger partial charge in [-0.15, -0.1) is 0 Å². The summed E-state index contributed by atoms with van der Waals surface area (Å²) in [6, 6.07) is 6.79. The molecule has 0 saturated carbocycles. The van der Waals surface area contributed by atoms with Gasteiger partial charge in [-0.2, -0.15) is 0 Å². The lowest BCUT2D eigenvalue weighted by atomic mass is 9.99. The molecule has 1 aromatic rings. The fourth-order valence-corrected chi connectivity index (χ4v) is 2.41. The van der Waals surface area contributed by atoms with Gasteiger partial charge >= 0.3 is 0 Å². The van der Waals surface area contributed by atoms with Crippen LogP contribution in [-0.4, -0.2) is 5.71 Å². The minimum Gasteiger partial charge on any atom is -0.872 e. The van der Waals surface area contributed by atoms with Gasteiger partial charge in [0.25, 0.3) is 0 Å². The molecular weight excluding hydrogens is 314 g/mol. The van der Waals surface area contributed by atoms with Crippen molar-refractivity contribution in [3.63, 3.8) is 0 Å². The minimum atomic E-state index is -0.241. The lowest BCUT2D eigenvalue weighted by molar-refractivity contribution is -0.244. The van der Waals surface area contributed by atoms with Crippen molar-refractivity contribution in [2.75, 3.05) is 0 Å². The molecule has 0 unspecified atom stereocenters. The lowest BCUT2D eigenvalue weighted by Gasteiger charge is -2.20. The maximum atomic E-state index is 12.5. The third-order valence-corrected chi connectivity index (χ3v) is 3.75. The summed E-state index contributed by atoms with van der Waals surface area (Å²) in [7, 11) is 0. The summed E-state index contributed by atoms with van der Waals surface area (Å²) in [5.74, 6) is 1.07. The average molecular weight is 332 g/mol. The number of nitrogens with two attached hydrogens (primary N) is 2. The number of ether oxygens (including phenoxy) is 1. The van der Waals surface area contributed by atoms with E-state index in [1.807, 2.05) is 24.3 Å². The predicted octanol–water partition coefficient (Wildman–Crippen LogP) is 2.26. The fraction of sp³-hybridized carbons (Fsp3) is 0.0500. The maximum Gasteiger partial charge on any atom is 0.127 e. The summed E-state index contributed by atoms with van der Waals surface area (Å²) in [5.41, 5.74) is 13.6. The van der Waals surface area contributed by atoms with Crippen molar-refractivity contribution in [1.29, 1.82) is 5.41 Å².